The molecule has 0 spiro atoms. The molecule has 0 aliphatic carbocycles. The molecular formula is C73H128O6. The molecule has 0 amide bonds. The smallest absolute Gasteiger partial charge is 0.306 e. The maximum absolute atomic E-state index is 13.0. The summed E-state index contributed by atoms with van der Waals surface area (Å²) in [6.07, 6.45) is 88.7. The number of hydrogen-bond donors (Lipinski definition) is 0. The van der Waals surface area contributed by atoms with Crippen molar-refractivity contribution in [2.45, 2.75) is 348 Å². The summed E-state index contributed by atoms with van der Waals surface area (Å²) in [6.45, 7) is 6.55. The average Bonchev–Trinajstić information content (AvgIpc) is 3.45. The lowest BCUT2D eigenvalue weighted by molar-refractivity contribution is -0.167. The minimum absolute atomic E-state index is 0.0774. The molecule has 0 aromatic carbocycles. The summed E-state index contributed by atoms with van der Waals surface area (Å²) in [7, 11) is 0. The van der Waals surface area contributed by atoms with Crippen molar-refractivity contribution in [2.75, 3.05) is 13.2 Å². The van der Waals surface area contributed by atoms with E-state index in [1.165, 1.54) is 199 Å². The molecule has 6 heteroatoms. The van der Waals surface area contributed by atoms with Gasteiger partial charge in [0, 0.05) is 19.3 Å². The van der Waals surface area contributed by atoms with Crippen LogP contribution >= 0.6 is 0 Å². The highest BCUT2D eigenvalue weighted by Gasteiger charge is 2.19. The number of ether oxygens (including phenoxy) is 3. The van der Waals surface area contributed by atoms with Gasteiger partial charge in [0.05, 0.1) is 0 Å². The van der Waals surface area contributed by atoms with Gasteiger partial charge in [0.25, 0.3) is 0 Å². The minimum Gasteiger partial charge on any atom is -0.462 e. The van der Waals surface area contributed by atoms with Gasteiger partial charge in [-0.25, -0.2) is 0 Å². The highest BCUT2D eigenvalue weighted by atomic mass is 16.6. The highest BCUT2D eigenvalue weighted by Crippen LogP contribution is 2.17. The van der Waals surface area contributed by atoms with Gasteiger partial charge < -0.3 is 14.2 Å². The quantitative estimate of drug-likeness (QED) is 0.0261. The van der Waals surface area contributed by atoms with Crippen LogP contribution in [0.15, 0.2) is 85.1 Å². The molecule has 79 heavy (non-hydrogen) atoms. The topological polar surface area (TPSA) is 78.9 Å². The Hall–Kier alpha value is -3.41. The largest absolute Gasteiger partial charge is 0.462 e. The molecule has 0 aromatic heterocycles. The van der Waals surface area contributed by atoms with Crippen LogP contribution in [0, 0.1) is 0 Å². The minimum atomic E-state index is -0.783. The number of allylic oxidation sites excluding steroid dienone is 14. The fourth-order valence-electron chi connectivity index (χ4n) is 9.80. The van der Waals surface area contributed by atoms with Gasteiger partial charge in [-0.2, -0.15) is 0 Å². The van der Waals surface area contributed by atoms with Gasteiger partial charge in [0.15, 0.2) is 6.10 Å². The van der Waals surface area contributed by atoms with Crippen LogP contribution in [0.5, 0.6) is 0 Å². The first-order chi connectivity index (χ1) is 39.0. The number of hydrogen-bond acceptors (Lipinski definition) is 6. The SMILES string of the molecule is CC/C=C\C/C=C\C/C=C\C/C=C\CCCCCCCCCCCCC(=O)OCC(COC(=O)CCCCCCCCCCCCCCCCC)OC(=O)CCCCCCCCCC/C=C\C/C=C\C/C=C\CCCCCCC. The fraction of sp³-hybridized carbons (Fsp3) is 0.767. The van der Waals surface area contributed by atoms with Crippen molar-refractivity contribution in [3.8, 4) is 0 Å². The zero-order valence-electron chi connectivity index (χ0n) is 52.4. The number of rotatable bonds is 62. The van der Waals surface area contributed by atoms with E-state index >= 15 is 0 Å². The standard InChI is InChI=1S/C73H128O6/c1-4-7-10-13-16-19-22-25-28-30-32-34-36-38-40-42-45-48-51-54-57-60-63-66-72(75)78-69-70(68-77-71(74)65-62-59-56-53-50-47-44-27-24-21-18-15-12-9-6-3)79-73(76)67-64-61-58-55-52-49-46-43-41-39-37-35-33-31-29-26-23-20-17-14-11-8-5-2/h7,10,16,19,23,25-26,28,31-34,37,39,70H,4-6,8-9,11-15,17-18,20-22,24,27,29-30,35-36,38,40-69H2,1-3H3/b10-7-,19-16-,26-23-,28-25-,33-31-,34-32-,39-37-. The zero-order valence-corrected chi connectivity index (χ0v) is 52.4. The zero-order chi connectivity index (χ0) is 57.1. The lowest BCUT2D eigenvalue weighted by Gasteiger charge is -2.18. The summed E-state index contributed by atoms with van der Waals surface area (Å²) < 4.78 is 17.0. The molecule has 0 aliphatic rings. The van der Waals surface area contributed by atoms with Crippen molar-refractivity contribution < 1.29 is 28.6 Å². The van der Waals surface area contributed by atoms with Gasteiger partial charge in [0.1, 0.15) is 13.2 Å². The second kappa shape index (κ2) is 67.1. The van der Waals surface area contributed by atoms with Crippen molar-refractivity contribution in [1.82, 2.24) is 0 Å². The summed E-state index contributed by atoms with van der Waals surface area (Å²) in [5.74, 6) is -0.871. The summed E-state index contributed by atoms with van der Waals surface area (Å²) in [5.41, 5.74) is 0. The van der Waals surface area contributed by atoms with Crippen molar-refractivity contribution in [1.29, 1.82) is 0 Å². The van der Waals surface area contributed by atoms with E-state index < -0.39 is 6.10 Å². The van der Waals surface area contributed by atoms with Gasteiger partial charge in [0.2, 0.25) is 0 Å². The maximum atomic E-state index is 13.0. The first-order valence-corrected chi connectivity index (χ1v) is 34.1. The highest BCUT2D eigenvalue weighted by molar-refractivity contribution is 5.71. The second-order valence-electron chi connectivity index (χ2n) is 22.7. The number of unbranched alkanes of at least 4 members (excludes halogenated alkanes) is 37. The Morgan fingerprint density at radius 1 is 0.266 bits per heavy atom. The molecule has 0 radical (unpaired) electrons. The molecule has 0 rings (SSSR count). The predicted molar refractivity (Wildman–Crippen MR) is 344 cm³/mol. The summed E-state index contributed by atoms with van der Waals surface area (Å²) in [4.78, 5) is 38.4. The molecule has 456 valence electrons. The molecule has 1 unspecified atom stereocenters. The molecule has 0 heterocycles. The summed E-state index contributed by atoms with van der Waals surface area (Å²) in [6, 6.07) is 0. The number of esters is 3. The Morgan fingerprint density at radius 2 is 0.494 bits per heavy atom. The summed E-state index contributed by atoms with van der Waals surface area (Å²) >= 11 is 0. The lowest BCUT2D eigenvalue weighted by atomic mass is 10.0. The Balaban J connectivity index is 4.36. The molecule has 0 saturated carbocycles. The van der Waals surface area contributed by atoms with Crippen molar-refractivity contribution in [2.24, 2.45) is 0 Å². The van der Waals surface area contributed by atoms with Crippen molar-refractivity contribution in [3.05, 3.63) is 85.1 Å². The van der Waals surface area contributed by atoms with E-state index in [9.17, 15) is 14.4 Å². The Kier molecular flexibility index (Phi) is 64.2. The van der Waals surface area contributed by atoms with E-state index in [-0.39, 0.29) is 31.1 Å². The van der Waals surface area contributed by atoms with Gasteiger partial charge in [-0.05, 0) is 96.3 Å². The van der Waals surface area contributed by atoms with Crippen LogP contribution in [0.2, 0.25) is 0 Å². The van der Waals surface area contributed by atoms with Crippen LogP contribution in [0.4, 0.5) is 0 Å². The first-order valence-electron chi connectivity index (χ1n) is 34.1. The number of carbonyl (C=O) groups is 3. The Bertz CT molecular complexity index is 1500. The normalized spacial score (nSPS) is 12.6. The monoisotopic (exact) mass is 1100 g/mol. The van der Waals surface area contributed by atoms with E-state index in [4.69, 9.17) is 14.2 Å². The van der Waals surface area contributed by atoms with E-state index in [0.717, 1.165) is 103 Å². The predicted octanol–water partition coefficient (Wildman–Crippen LogP) is 23.4. The van der Waals surface area contributed by atoms with E-state index in [0.29, 0.717) is 19.3 Å². The molecule has 0 bridgehead atoms. The van der Waals surface area contributed by atoms with Gasteiger partial charge >= 0.3 is 17.9 Å². The van der Waals surface area contributed by atoms with Crippen LogP contribution in [-0.2, 0) is 28.6 Å². The third kappa shape index (κ3) is 65.3. The van der Waals surface area contributed by atoms with Crippen LogP contribution in [-0.4, -0.2) is 37.2 Å². The third-order valence-electron chi connectivity index (χ3n) is 14.9. The molecular weight excluding hydrogens is 973 g/mol. The van der Waals surface area contributed by atoms with Crippen molar-refractivity contribution in [3.63, 3.8) is 0 Å². The average molecular weight is 1100 g/mol. The summed E-state index contributed by atoms with van der Waals surface area (Å²) in [5, 5.41) is 0. The molecule has 1 atom stereocenters. The maximum Gasteiger partial charge on any atom is 0.306 e. The van der Waals surface area contributed by atoms with Crippen LogP contribution < -0.4 is 0 Å². The molecule has 0 fully saturated rings. The number of carbonyl (C=O) groups excluding carboxylic acids is 3. The fourth-order valence-corrected chi connectivity index (χ4v) is 9.80. The Morgan fingerprint density at radius 3 is 0.772 bits per heavy atom. The lowest BCUT2D eigenvalue weighted by Crippen LogP contribution is -2.30. The van der Waals surface area contributed by atoms with E-state index in [2.05, 4.69) is 106 Å². The van der Waals surface area contributed by atoms with Gasteiger partial charge in [-0.3, -0.25) is 14.4 Å². The van der Waals surface area contributed by atoms with Crippen LogP contribution in [0.25, 0.3) is 0 Å². The molecule has 0 aliphatic heterocycles. The van der Waals surface area contributed by atoms with Crippen molar-refractivity contribution >= 4 is 17.9 Å². The van der Waals surface area contributed by atoms with Crippen LogP contribution in [0.1, 0.15) is 342 Å². The first kappa shape index (κ1) is 75.6. The van der Waals surface area contributed by atoms with Gasteiger partial charge in [-0.15, -0.1) is 0 Å². The second-order valence-corrected chi connectivity index (χ2v) is 22.7. The van der Waals surface area contributed by atoms with E-state index in [1.54, 1.807) is 0 Å². The van der Waals surface area contributed by atoms with Gasteiger partial charge in [-0.1, -0.05) is 311 Å². The van der Waals surface area contributed by atoms with Crippen LogP contribution in [0.3, 0.4) is 0 Å². The molecule has 0 saturated heterocycles. The molecule has 0 aromatic rings. The molecule has 0 N–H and O–H groups in total. The third-order valence-corrected chi connectivity index (χ3v) is 14.9. The Labute approximate surface area is 490 Å². The van der Waals surface area contributed by atoms with E-state index in [1.807, 2.05) is 0 Å². The molecule has 6 nitrogen and oxygen atoms in total.